The van der Waals surface area contributed by atoms with Gasteiger partial charge in [-0.1, -0.05) is 18.2 Å². The number of nitrogens with one attached hydrogen (secondary N) is 1. The zero-order chi connectivity index (χ0) is 20.0. The number of rotatable bonds is 4. The first-order valence-electron chi connectivity index (χ1n) is 9.23. The number of nitrogens with zero attached hydrogens (tertiary/aromatic N) is 2. The lowest BCUT2D eigenvalue weighted by atomic mass is 10.1. The number of hydrogen-bond donors (Lipinski definition) is 2. The molecule has 0 aliphatic rings. The van der Waals surface area contributed by atoms with Gasteiger partial charge in [0, 0.05) is 18.3 Å². The minimum Gasteiger partial charge on any atom is -0.380 e. The number of aliphatic hydroxyl groups is 1. The van der Waals surface area contributed by atoms with Crippen molar-refractivity contribution in [3.05, 3.63) is 102 Å². The highest BCUT2D eigenvalue weighted by molar-refractivity contribution is 5.81. The minimum atomic E-state index is -0.949. The van der Waals surface area contributed by atoms with Gasteiger partial charge in [0.05, 0.1) is 11.0 Å². The maximum Gasteiger partial charge on any atom is 0.140 e. The summed E-state index contributed by atoms with van der Waals surface area (Å²) in [6.07, 6.45) is 1.02. The van der Waals surface area contributed by atoms with Crippen LogP contribution in [0.15, 0.2) is 72.9 Å². The van der Waals surface area contributed by atoms with Crippen LogP contribution in [0.3, 0.4) is 0 Å². The molecule has 144 valence electrons. The fraction of sp³-hybridized carbons (Fsp3) is 0.0870. The molecule has 5 aromatic rings. The summed E-state index contributed by atoms with van der Waals surface area (Å²) in [6.45, 7) is 0.626. The fourth-order valence-electron chi connectivity index (χ4n) is 3.60. The molecule has 0 spiro atoms. The van der Waals surface area contributed by atoms with Crippen LogP contribution in [0.4, 0.5) is 8.78 Å². The van der Waals surface area contributed by atoms with Gasteiger partial charge in [-0.2, -0.15) is 0 Å². The van der Waals surface area contributed by atoms with Crippen LogP contribution in [-0.4, -0.2) is 19.6 Å². The molecule has 4 nitrogen and oxygen atoms in total. The van der Waals surface area contributed by atoms with Gasteiger partial charge in [-0.25, -0.2) is 13.8 Å². The van der Waals surface area contributed by atoms with Crippen molar-refractivity contribution in [2.45, 2.75) is 12.6 Å². The van der Waals surface area contributed by atoms with Crippen LogP contribution in [0.2, 0.25) is 0 Å². The van der Waals surface area contributed by atoms with Crippen molar-refractivity contribution in [3.8, 4) is 0 Å². The maximum atomic E-state index is 13.4. The fourth-order valence-corrected chi connectivity index (χ4v) is 3.60. The first-order valence-corrected chi connectivity index (χ1v) is 9.23. The van der Waals surface area contributed by atoms with Gasteiger partial charge in [0.25, 0.3) is 0 Å². The Balaban J connectivity index is 1.45. The molecule has 0 saturated carbocycles. The molecule has 3 aromatic carbocycles. The van der Waals surface area contributed by atoms with E-state index in [4.69, 9.17) is 0 Å². The third-order valence-corrected chi connectivity index (χ3v) is 5.10. The molecule has 2 N–H and O–H groups in total. The Kier molecular flexibility index (Phi) is 4.14. The summed E-state index contributed by atoms with van der Waals surface area (Å²) in [5.41, 5.74) is 3.86. The van der Waals surface area contributed by atoms with Gasteiger partial charge < -0.3 is 14.7 Å². The molecule has 2 aromatic heterocycles. The van der Waals surface area contributed by atoms with Crippen LogP contribution in [0, 0.1) is 11.6 Å². The van der Waals surface area contributed by atoms with E-state index in [1.54, 1.807) is 18.2 Å². The number of aliphatic hydroxyl groups excluding tert-OH is 1. The Labute approximate surface area is 165 Å². The van der Waals surface area contributed by atoms with Crippen molar-refractivity contribution in [2.75, 3.05) is 0 Å². The van der Waals surface area contributed by atoms with Gasteiger partial charge in [0.2, 0.25) is 0 Å². The van der Waals surface area contributed by atoms with E-state index in [2.05, 4.69) is 14.5 Å². The number of H-pyrrole nitrogens is 1. The van der Waals surface area contributed by atoms with Gasteiger partial charge in [0.15, 0.2) is 0 Å². The Morgan fingerprint density at radius 3 is 2.55 bits per heavy atom. The number of hydrogen-bond acceptors (Lipinski definition) is 2. The Morgan fingerprint density at radius 1 is 0.931 bits per heavy atom. The van der Waals surface area contributed by atoms with E-state index in [0.29, 0.717) is 29.0 Å². The summed E-state index contributed by atoms with van der Waals surface area (Å²) in [5, 5.41) is 11.7. The summed E-state index contributed by atoms with van der Waals surface area (Å²) in [5.74, 6) is -0.236. The predicted octanol–water partition coefficient (Wildman–Crippen LogP) is 4.93. The van der Waals surface area contributed by atoms with Gasteiger partial charge in [0.1, 0.15) is 23.6 Å². The topological polar surface area (TPSA) is 53.8 Å². The molecule has 5 rings (SSSR count). The summed E-state index contributed by atoms with van der Waals surface area (Å²) in [7, 11) is 0. The first kappa shape index (κ1) is 17.6. The minimum absolute atomic E-state index is 0.252. The molecule has 0 saturated heterocycles. The largest absolute Gasteiger partial charge is 0.380 e. The SMILES string of the molecule is OC(c1ccc2c(ccn2Cc2ccc(F)cc2)c1)c1nc2ccc(F)cc2[nH]1. The van der Waals surface area contributed by atoms with Crippen molar-refractivity contribution >= 4 is 21.9 Å². The standard InChI is InChI=1S/C23H17F2N3O/c24-17-4-1-14(2-5-17)13-28-10-9-15-11-16(3-8-21(15)28)22(29)23-26-19-7-6-18(25)12-20(19)27-23/h1-12,22,29H,13H2,(H,26,27). The van der Waals surface area contributed by atoms with Crippen molar-refractivity contribution in [2.24, 2.45) is 0 Å². The van der Waals surface area contributed by atoms with Gasteiger partial charge in [-0.15, -0.1) is 0 Å². The van der Waals surface area contributed by atoms with Gasteiger partial charge >= 0.3 is 0 Å². The van der Waals surface area contributed by atoms with E-state index >= 15 is 0 Å². The van der Waals surface area contributed by atoms with Crippen LogP contribution in [-0.2, 0) is 6.54 Å². The Bertz CT molecular complexity index is 1320. The predicted molar refractivity (Wildman–Crippen MR) is 108 cm³/mol. The molecular weight excluding hydrogens is 372 g/mol. The van der Waals surface area contributed by atoms with E-state index in [1.165, 1.54) is 24.3 Å². The molecule has 2 heterocycles. The molecule has 29 heavy (non-hydrogen) atoms. The van der Waals surface area contributed by atoms with Crippen LogP contribution >= 0.6 is 0 Å². The van der Waals surface area contributed by atoms with E-state index in [-0.39, 0.29) is 11.6 Å². The maximum absolute atomic E-state index is 13.4. The van der Waals surface area contributed by atoms with Crippen LogP contribution in [0.5, 0.6) is 0 Å². The van der Waals surface area contributed by atoms with E-state index in [9.17, 15) is 13.9 Å². The smallest absolute Gasteiger partial charge is 0.140 e. The van der Waals surface area contributed by atoms with Gasteiger partial charge in [-0.05, 0) is 65.0 Å². The number of halogens is 2. The lowest BCUT2D eigenvalue weighted by Gasteiger charge is -2.10. The molecule has 1 atom stereocenters. The van der Waals surface area contributed by atoms with Crippen molar-refractivity contribution in [1.82, 2.24) is 14.5 Å². The number of imidazole rings is 1. The summed E-state index contributed by atoms with van der Waals surface area (Å²) >= 11 is 0. The van der Waals surface area contributed by atoms with Crippen LogP contribution in [0.25, 0.3) is 21.9 Å². The summed E-state index contributed by atoms with van der Waals surface area (Å²) in [6, 6.07) is 18.4. The molecule has 0 amide bonds. The average molecular weight is 389 g/mol. The molecule has 0 radical (unpaired) electrons. The lowest BCUT2D eigenvalue weighted by Crippen LogP contribution is -2.02. The zero-order valence-electron chi connectivity index (χ0n) is 15.3. The van der Waals surface area contributed by atoms with Gasteiger partial charge in [-0.3, -0.25) is 0 Å². The third-order valence-electron chi connectivity index (χ3n) is 5.10. The highest BCUT2D eigenvalue weighted by atomic mass is 19.1. The van der Waals surface area contributed by atoms with Crippen LogP contribution < -0.4 is 0 Å². The zero-order valence-corrected chi connectivity index (χ0v) is 15.3. The molecule has 6 heteroatoms. The average Bonchev–Trinajstić information content (AvgIpc) is 3.32. The number of benzene rings is 3. The Hall–Kier alpha value is -3.51. The summed E-state index contributed by atoms with van der Waals surface area (Å²) in [4.78, 5) is 7.36. The molecule has 0 bridgehead atoms. The molecule has 1 unspecified atom stereocenters. The van der Waals surface area contributed by atoms with E-state index < -0.39 is 6.10 Å². The monoisotopic (exact) mass is 389 g/mol. The van der Waals surface area contributed by atoms with E-state index in [1.807, 2.05) is 30.5 Å². The molecule has 0 fully saturated rings. The molecule has 0 aliphatic heterocycles. The second kappa shape index (κ2) is 6.83. The van der Waals surface area contributed by atoms with Crippen LogP contribution in [0.1, 0.15) is 23.1 Å². The number of aromatic amines is 1. The molecule has 0 aliphatic carbocycles. The highest BCUT2D eigenvalue weighted by Crippen LogP contribution is 2.27. The second-order valence-electron chi connectivity index (χ2n) is 7.07. The third kappa shape index (κ3) is 3.28. The second-order valence-corrected chi connectivity index (χ2v) is 7.07. The first-order chi connectivity index (χ1) is 14.1. The Morgan fingerprint density at radius 2 is 1.72 bits per heavy atom. The van der Waals surface area contributed by atoms with Crippen molar-refractivity contribution in [3.63, 3.8) is 0 Å². The van der Waals surface area contributed by atoms with Crippen molar-refractivity contribution < 1.29 is 13.9 Å². The quantitative estimate of drug-likeness (QED) is 0.458. The lowest BCUT2D eigenvalue weighted by molar-refractivity contribution is 0.211. The summed E-state index contributed by atoms with van der Waals surface area (Å²) < 4.78 is 28.6. The normalized spacial score (nSPS) is 12.7. The number of fused-ring (bicyclic) bond motifs is 2. The molecular formula is C23H17F2N3O. The van der Waals surface area contributed by atoms with E-state index in [0.717, 1.165) is 16.5 Å². The number of aromatic nitrogens is 3. The van der Waals surface area contributed by atoms with Crippen molar-refractivity contribution in [1.29, 1.82) is 0 Å². The highest BCUT2D eigenvalue weighted by Gasteiger charge is 2.16.